The smallest absolute Gasteiger partial charge is 0.220 e. The molecule has 58 heavy (non-hydrogen) atoms. The first-order valence-corrected chi connectivity index (χ1v) is 21.2. The van der Waals surface area contributed by atoms with E-state index in [2.05, 4.69) is 26.1 Å². The summed E-state index contributed by atoms with van der Waals surface area (Å²) in [6.07, 6.45) is 9.76. The van der Waals surface area contributed by atoms with Crippen LogP contribution in [0.5, 0.6) is 0 Å². The second kappa shape index (κ2) is 20.4. The van der Waals surface area contributed by atoms with Crippen LogP contribution in [-0.4, -0.2) is 106 Å². The van der Waals surface area contributed by atoms with Gasteiger partial charge in [-0.25, -0.2) is 0 Å². The molecule has 0 spiro atoms. The molecule has 0 aromatic rings. The van der Waals surface area contributed by atoms with Crippen LogP contribution in [0.3, 0.4) is 0 Å². The van der Waals surface area contributed by atoms with E-state index in [4.69, 9.17) is 0 Å². The van der Waals surface area contributed by atoms with Gasteiger partial charge in [0, 0.05) is 24.9 Å². The molecule has 4 saturated carbocycles. The Kier molecular flexibility index (Phi) is 16.5. The Bertz CT molecular complexity index is 1440. The van der Waals surface area contributed by atoms with E-state index in [0.29, 0.717) is 41.9 Å². The van der Waals surface area contributed by atoms with Crippen LogP contribution in [0.15, 0.2) is 0 Å². The van der Waals surface area contributed by atoms with Crippen molar-refractivity contribution in [2.45, 2.75) is 116 Å². The Morgan fingerprint density at radius 3 is 1.67 bits per heavy atom. The van der Waals surface area contributed by atoms with Gasteiger partial charge >= 0.3 is 0 Å². The summed E-state index contributed by atoms with van der Waals surface area (Å²) in [5.41, 5.74) is 0.348. The van der Waals surface area contributed by atoms with Crippen molar-refractivity contribution < 1.29 is 78.9 Å². The van der Waals surface area contributed by atoms with Crippen molar-refractivity contribution in [2.24, 2.45) is 46.3 Å². The SMILES string of the molecule is C[C@H](CCC(=O)[O-])[C@H]1CC[C@H]2[C@@H]3CC[C@@H]4C[C@@H](NC(=O)CC[C@@H](C(=O)[O-])[NH+](CC[NH+](CC(=O)[O-])CC(=O)[O-])CC[NH+](CC(=O)[O-])CC(=O)[O-])CC[C@]4(C)[C@H]3CC[C@]12C. The van der Waals surface area contributed by atoms with Gasteiger partial charge in [0.1, 0.15) is 58.4 Å². The number of rotatable bonds is 24. The number of nitrogens with one attached hydrogen (secondary N) is 4. The molecular weight excluding hydrogens is 756 g/mol. The minimum atomic E-state index is -1.54. The van der Waals surface area contributed by atoms with Crippen molar-refractivity contribution in [2.75, 3.05) is 52.4 Å². The van der Waals surface area contributed by atoms with E-state index in [0.717, 1.165) is 51.4 Å². The Balaban J connectivity index is 1.37. The average molecular weight is 820 g/mol. The summed E-state index contributed by atoms with van der Waals surface area (Å²) in [6.45, 7) is 3.66. The van der Waals surface area contributed by atoms with Crippen LogP contribution in [0, 0.1) is 46.3 Å². The second-order valence-corrected chi connectivity index (χ2v) is 18.6. The lowest BCUT2D eigenvalue weighted by atomic mass is 9.44. The zero-order valence-corrected chi connectivity index (χ0v) is 34.3. The quantitative estimate of drug-likeness (QED) is 0.0705. The second-order valence-electron chi connectivity index (χ2n) is 18.6. The molecule has 4 N–H and O–H groups in total. The molecule has 0 radical (unpaired) electrons. The van der Waals surface area contributed by atoms with Gasteiger partial charge in [0.2, 0.25) is 5.91 Å². The normalized spacial score (nSPS) is 30.2. The number of quaternary nitrogens is 3. The predicted molar refractivity (Wildman–Crippen MR) is 190 cm³/mol. The van der Waals surface area contributed by atoms with Crippen molar-refractivity contribution in [1.82, 2.24) is 5.32 Å². The third kappa shape index (κ3) is 12.1. The fourth-order valence-electron chi connectivity index (χ4n) is 12.4. The Morgan fingerprint density at radius 1 is 0.621 bits per heavy atom. The van der Waals surface area contributed by atoms with Crippen molar-refractivity contribution in [3.63, 3.8) is 0 Å². The first-order valence-electron chi connectivity index (χ1n) is 21.2. The molecule has 4 rings (SSSR count). The third-order valence-corrected chi connectivity index (χ3v) is 15.2. The highest BCUT2D eigenvalue weighted by Gasteiger charge is 2.60. The van der Waals surface area contributed by atoms with Crippen molar-refractivity contribution >= 4 is 41.7 Å². The first-order chi connectivity index (χ1) is 27.2. The Morgan fingerprint density at radius 2 is 1.16 bits per heavy atom. The number of carbonyl (C=O) groups excluding carboxylic acids is 7. The first kappa shape index (κ1) is 46.9. The van der Waals surface area contributed by atoms with Gasteiger partial charge in [-0.2, -0.15) is 0 Å². The lowest BCUT2D eigenvalue weighted by Gasteiger charge is -2.61. The summed E-state index contributed by atoms with van der Waals surface area (Å²) >= 11 is 0. The van der Waals surface area contributed by atoms with Gasteiger partial charge in [-0.15, -0.1) is 0 Å². The van der Waals surface area contributed by atoms with E-state index in [1.165, 1.54) is 6.42 Å². The molecule has 1 amide bonds. The Labute approximate surface area is 340 Å². The lowest BCUT2D eigenvalue weighted by molar-refractivity contribution is -0.984. The zero-order valence-electron chi connectivity index (χ0n) is 34.3. The predicted octanol–water partition coefficient (Wildman–Crippen LogP) is -9.15. The molecular formula is C41H63N4O13-3. The number of amides is 1. The van der Waals surface area contributed by atoms with Gasteiger partial charge < -0.3 is 79.4 Å². The van der Waals surface area contributed by atoms with E-state index in [1.54, 1.807) is 0 Å². The van der Waals surface area contributed by atoms with Crippen molar-refractivity contribution in [1.29, 1.82) is 0 Å². The maximum absolute atomic E-state index is 13.4. The molecule has 0 heterocycles. The molecule has 17 nitrogen and oxygen atoms in total. The van der Waals surface area contributed by atoms with Crippen LogP contribution >= 0.6 is 0 Å². The van der Waals surface area contributed by atoms with Gasteiger partial charge in [-0.3, -0.25) is 4.79 Å². The summed E-state index contributed by atoms with van der Waals surface area (Å²) < 4.78 is 0. The molecule has 4 aliphatic carbocycles. The number of aliphatic carboxylic acids is 6. The topological polar surface area (TPSA) is 283 Å². The van der Waals surface area contributed by atoms with E-state index in [1.807, 2.05) is 0 Å². The molecule has 0 aliphatic heterocycles. The molecule has 0 bridgehead atoms. The maximum Gasteiger partial charge on any atom is 0.220 e. The van der Waals surface area contributed by atoms with Crippen LogP contribution < -0.4 is 50.7 Å². The largest absolute Gasteiger partial charge is 0.550 e. The summed E-state index contributed by atoms with van der Waals surface area (Å²) in [4.78, 5) is 82.5. The molecule has 0 saturated heterocycles. The van der Waals surface area contributed by atoms with Gasteiger partial charge in [-0.05, 0) is 117 Å². The highest BCUT2D eigenvalue weighted by Crippen LogP contribution is 2.68. The van der Waals surface area contributed by atoms with Crippen LogP contribution in [0.25, 0.3) is 0 Å². The molecule has 4 aliphatic rings. The number of carboxylic acid groups (broad SMARTS) is 6. The summed E-state index contributed by atoms with van der Waals surface area (Å²) in [5, 5.41) is 71.9. The summed E-state index contributed by atoms with van der Waals surface area (Å²) in [5.74, 6) is -5.90. The summed E-state index contributed by atoms with van der Waals surface area (Å²) in [7, 11) is 0. The lowest BCUT2D eigenvalue weighted by Crippen LogP contribution is -3.26. The number of fused-ring (bicyclic) bond motifs is 5. The molecule has 4 fully saturated rings. The molecule has 0 aromatic carbocycles. The van der Waals surface area contributed by atoms with E-state index < -0.39 is 68.0 Å². The van der Waals surface area contributed by atoms with Crippen molar-refractivity contribution in [3.8, 4) is 0 Å². The monoisotopic (exact) mass is 819 g/mol. The minimum absolute atomic E-state index is 0.00886. The molecule has 0 unspecified atom stereocenters. The van der Waals surface area contributed by atoms with Gasteiger partial charge in [-0.1, -0.05) is 20.8 Å². The van der Waals surface area contributed by atoms with Crippen LogP contribution in [0.1, 0.15) is 104 Å². The van der Waals surface area contributed by atoms with Gasteiger partial charge in [0.15, 0.2) is 0 Å². The molecule has 17 heteroatoms. The van der Waals surface area contributed by atoms with Crippen LogP contribution in [0.2, 0.25) is 0 Å². The van der Waals surface area contributed by atoms with E-state index in [9.17, 15) is 64.2 Å². The fraction of sp³-hybridized carbons (Fsp3) is 0.829. The molecule has 328 valence electrons. The average Bonchev–Trinajstić information content (AvgIpc) is 3.47. The zero-order chi connectivity index (χ0) is 42.9. The molecule has 10 atom stereocenters. The number of hydrogen-bond acceptors (Lipinski definition) is 13. The number of hydrogen-bond donors (Lipinski definition) is 4. The number of carboxylic acids is 6. The highest BCUT2D eigenvalue weighted by molar-refractivity contribution is 5.77. The van der Waals surface area contributed by atoms with E-state index in [-0.39, 0.29) is 82.9 Å². The Hall–Kier alpha value is -3.83. The van der Waals surface area contributed by atoms with Gasteiger partial charge in [0.05, 0.1) is 29.8 Å². The van der Waals surface area contributed by atoms with Crippen LogP contribution in [-0.2, 0) is 33.6 Å². The highest BCUT2D eigenvalue weighted by atomic mass is 16.4. The molecule has 0 aromatic heterocycles. The fourth-order valence-corrected chi connectivity index (χ4v) is 12.4. The minimum Gasteiger partial charge on any atom is -0.550 e. The maximum atomic E-state index is 13.4. The van der Waals surface area contributed by atoms with Crippen LogP contribution in [0.4, 0.5) is 0 Å². The number of carbonyl (C=O) groups is 7. The summed E-state index contributed by atoms with van der Waals surface area (Å²) in [6, 6.07) is -1.43. The van der Waals surface area contributed by atoms with Crippen molar-refractivity contribution in [3.05, 3.63) is 0 Å². The third-order valence-electron chi connectivity index (χ3n) is 15.2. The van der Waals surface area contributed by atoms with E-state index >= 15 is 0 Å². The standard InChI is InChI=1S/C41H66N4O13/c1-25(4-11-34(47)48)29-7-8-30-28-6-5-26-20-27(12-14-40(26,2)31(28)13-15-41(29,30)3)42-33(46)10-9-32(39(57)58)45(18-16-43(21-35(49)50)22-36(51)52)19-17-44(23-37(53)54)24-38(55)56/h25-32H,4-24H2,1-3H3,(H,42,46)(H,47,48)(H,49,50)(H,51,52)(H,53,54)(H,55,56)(H,57,58)/p-3/t25-,26-,27+,28+,29-,30+,31+,32+,40+,41-/m1/s1. The van der Waals surface area contributed by atoms with Gasteiger partial charge in [0.25, 0.3) is 0 Å².